The Morgan fingerprint density at radius 2 is 1.94 bits per heavy atom. The van der Waals surface area contributed by atoms with Gasteiger partial charge in [0.25, 0.3) is 0 Å². The van der Waals surface area contributed by atoms with E-state index in [-0.39, 0.29) is 10.8 Å². The lowest BCUT2D eigenvalue weighted by Crippen LogP contribution is -2.24. The number of nitrogens with one attached hydrogen (secondary N) is 1. The highest BCUT2D eigenvalue weighted by Gasteiger charge is 2.25. The summed E-state index contributed by atoms with van der Waals surface area (Å²) in [5.41, 5.74) is 0.477. The molecule has 0 spiro atoms. The third-order valence-corrected chi connectivity index (χ3v) is 7.09. The first-order chi connectivity index (χ1) is 15.3. The second-order valence-corrected chi connectivity index (χ2v) is 10.3. The molecule has 1 aliphatic rings. The maximum absolute atomic E-state index is 12.7. The smallest absolute Gasteiger partial charge is 0.238 e. The molecule has 2 aromatic heterocycles. The fraction of sp³-hybridized carbons (Fsp3) is 0.350. The lowest BCUT2D eigenvalue weighted by Gasteiger charge is -2.18. The molecule has 170 valence electrons. The Morgan fingerprint density at radius 1 is 1.22 bits per heavy atom. The van der Waals surface area contributed by atoms with Crippen LogP contribution < -0.4 is 15.4 Å². The van der Waals surface area contributed by atoms with E-state index in [1.807, 2.05) is 16.7 Å². The normalized spacial score (nSPS) is 15.1. The SMILES string of the molecule is CC(Sc1nnc(N2CCCC2)n1Cc1ccco1)C(=O)Nc1ccc(S(N)(=O)=O)cc1. The Morgan fingerprint density at radius 3 is 2.56 bits per heavy atom. The summed E-state index contributed by atoms with van der Waals surface area (Å²) in [5, 5.41) is 16.8. The van der Waals surface area contributed by atoms with Crippen LogP contribution in [0.3, 0.4) is 0 Å². The molecule has 10 nitrogen and oxygen atoms in total. The van der Waals surface area contributed by atoms with Gasteiger partial charge in [0.2, 0.25) is 21.9 Å². The highest BCUT2D eigenvalue weighted by molar-refractivity contribution is 8.00. The van der Waals surface area contributed by atoms with Gasteiger partial charge in [0, 0.05) is 18.8 Å². The van der Waals surface area contributed by atoms with E-state index >= 15 is 0 Å². The van der Waals surface area contributed by atoms with Gasteiger partial charge in [-0.25, -0.2) is 13.6 Å². The monoisotopic (exact) mass is 476 g/mol. The molecule has 0 bridgehead atoms. The fourth-order valence-corrected chi connectivity index (χ4v) is 4.76. The Balaban J connectivity index is 1.48. The zero-order valence-electron chi connectivity index (χ0n) is 17.5. The number of hydrogen-bond donors (Lipinski definition) is 2. The van der Waals surface area contributed by atoms with Crippen LogP contribution in [0.25, 0.3) is 0 Å². The molecule has 0 aliphatic carbocycles. The van der Waals surface area contributed by atoms with Crippen molar-refractivity contribution in [1.82, 2.24) is 14.8 Å². The van der Waals surface area contributed by atoms with Crippen molar-refractivity contribution >= 4 is 39.3 Å². The minimum Gasteiger partial charge on any atom is -0.467 e. The quantitative estimate of drug-likeness (QED) is 0.473. The van der Waals surface area contributed by atoms with Gasteiger partial charge in [-0.1, -0.05) is 11.8 Å². The summed E-state index contributed by atoms with van der Waals surface area (Å²) < 4.78 is 30.2. The van der Waals surface area contributed by atoms with Gasteiger partial charge in [-0.2, -0.15) is 0 Å². The number of nitrogens with two attached hydrogens (primary N) is 1. The van der Waals surface area contributed by atoms with Crippen molar-refractivity contribution in [3.05, 3.63) is 48.4 Å². The summed E-state index contributed by atoms with van der Waals surface area (Å²) in [6.45, 7) is 4.09. The van der Waals surface area contributed by atoms with Gasteiger partial charge in [0.15, 0.2) is 5.16 Å². The van der Waals surface area contributed by atoms with Crippen molar-refractivity contribution in [1.29, 1.82) is 0 Å². The van der Waals surface area contributed by atoms with E-state index in [1.165, 1.54) is 36.0 Å². The van der Waals surface area contributed by atoms with E-state index in [9.17, 15) is 13.2 Å². The van der Waals surface area contributed by atoms with Crippen LogP contribution in [0.1, 0.15) is 25.5 Å². The van der Waals surface area contributed by atoms with Gasteiger partial charge < -0.3 is 14.6 Å². The number of sulfonamides is 1. The first-order valence-corrected chi connectivity index (χ1v) is 12.5. The molecule has 0 radical (unpaired) electrons. The standard InChI is InChI=1S/C20H24N6O4S2/c1-14(18(27)22-15-6-8-17(9-7-15)32(21,28)29)31-20-24-23-19(25-10-2-3-11-25)26(20)13-16-5-4-12-30-16/h4-9,12,14H,2-3,10-11,13H2,1H3,(H,22,27)(H2,21,28,29). The summed E-state index contributed by atoms with van der Waals surface area (Å²) in [5.74, 6) is 1.31. The molecular formula is C20H24N6O4S2. The van der Waals surface area contributed by atoms with Gasteiger partial charge in [0.05, 0.1) is 23.0 Å². The number of carbonyl (C=O) groups excluding carboxylic acids is 1. The van der Waals surface area contributed by atoms with Crippen LogP contribution >= 0.6 is 11.8 Å². The number of benzene rings is 1. The molecule has 3 aromatic rings. The molecule has 1 saturated heterocycles. The minimum absolute atomic E-state index is 0.0154. The summed E-state index contributed by atoms with van der Waals surface area (Å²) in [6.07, 6.45) is 3.84. The minimum atomic E-state index is -3.78. The Kier molecular flexibility index (Phi) is 6.53. The average Bonchev–Trinajstić information content (AvgIpc) is 3.51. The zero-order valence-corrected chi connectivity index (χ0v) is 19.1. The van der Waals surface area contributed by atoms with E-state index in [0.29, 0.717) is 17.4 Å². The summed E-state index contributed by atoms with van der Waals surface area (Å²) in [4.78, 5) is 14.9. The van der Waals surface area contributed by atoms with Crippen LogP contribution in [0.5, 0.6) is 0 Å². The molecule has 3 N–H and O–H groups in total. The number of thioether (sulfide) groups is 1. The number of nitrogens with zero attached hydrogens (tertiary/aromatic N) is 4. The molecular weight excluding hydrogens is 452 g/mol. The maximum atomic E-state index is 12.7. The molecule has 12 heteroatoms. The van der Waals surface area contributed by atoms with Crippen molar-refractivity contribution in [2.24, 2.45) is 5.14 Å². The lowest BCUT2D eigenvalue weighted by atomic mass is 10.3. The summed E-state index contributed by atoms with van der Waals surface area (Å²) >= 11 is 1.30. The number of rotatable bonds is 8. The molecule has 0 saturated carbocycles. The van der Waals surface area contributed by atoms with Gasteiger partial charge in [-0.15, -0.1) is 10.2 Å². The number of hydrogen-bond acceptors (Lipinski definition) is 8. The summed E-state index contributed by atoms with van der Waals surface area (Å²) in [6, 6.07) is 9.43. The second-order valence-electron chi connectivity index (χ2n) is 7.46. The third kappa shape index (κ3) is 5.14. The first kappa shape index (κ1) is 22.4. The van der Waals surface area contributed by atoms with Crippen molar-refractivity contribution in [3.63, 3.8) is 0 Å². The number of aromatic nitrogens is 3. The molecule has 32 heavy (non-hydrogen) atoms. The zero-order chi connectivity index (χ0) is 22.7. The number of furan rings is 1. The van der Waals surface area contributed by atoms with Crippen LogP contribution in [0.15, 0.2) is 57.1 Å². The van der Waals surface area contributed by atoms with Crippen molar-refractivity contribution < 1.29 is 17.6 Å². The molecule has 1 aliphatic heterocycles. The van der Waals surface area contributed by atoms with E-state index in [2.05, 4.69) is 20.4 Å². The fourth-order valence-electron chi connectivity index (χ4n) is 3.40. The largest absolute Gasteiger partial charge is 0.467 e. The van der Waals surface area contributed by atoms with Crippen LogP contribution in [0.4, 0.5) is 11.6 Å². The lowest BCUT2D eigenvalue weighted by molar-refractivity contribution is -0.115. The van der Waals surface area contributed by atoms with Crippen molar-refractivity contribution in [2.45, 2.75) is 41.6 Å². The Bertz CT molecular complexity index is 1170. The molecule has 1 fully saturated rings. The van der Waals surface area contributed by atoms with Gasteiger partial charge in [0.1, 0.15) is 5.76 Å². The van der Waals surface area contributed by atoms with Crippen LogP contribution in [-0.2, 0) is 21.4 Å². The molecule has 1 unspecified atom stereocenters. The van der Waals surface area contributed by atoms with Gasteiger partial charge >= 0.3 is 0 Å². The molecule has 3 heterocycles. The van der Waals surface area contributed by atoms with E-state index in [0.717, 1.165) is 37.6 Å². The van der Waals surface area contributed by atoms with Gasteiger partial charge in [-0.3, -0.25) is 9.36 Å². The van der Waals surface area contributed by atoms with E-state index in [4.69, 9.17) is 9.56 Å². The van der Waals surface area contributed by atoms with Crippen LogP contribution in [0.2, 0.25) is 0 Å². The predicted octanol–water partition coefficient (Wildman–Crippen LogP) is 2.29. The van der Waals surface area contributed by atoms with Crippen molar-refractivity contribution in [3.8, 4) is 0 Å². The molecule has 1 amide bonds. The first-order valence-electron chi connectivity index (χ1n) is 10.1. The molecule has 1 atom stereocenters. The average molecular weight is 477 g/mol. The Labute approximate surface area is 190 Å². The van der Waals surface area contributed by atoms with Gasteiger partial charge in [-0.05, 0) is 56.2 Å². The number of primary sulfonamides is 1. The highest BCUT2D eigenvalue weighted by atomic mass is 32.2. The molecule has 1 aromatic carbocycles. The predicted molar refractivity (Wildman–Crippen MR) is 121 cm³/mol. The molecule has 4 rings (SSSR count). The number of anilines is 2. The second kappa shape index (κ2) is 9.35. The summed E-state index contributed by atoms with van der Waals surface area (Å²) in [7, 11) is -3.78. The maximum Gasteiger partial charge on any atom is 0.238 e. The van der Waals surface area contributed by atoms with E-state index < -0.39 is 15.3 Å². The van der Waals surface area contributed by atoms with Crippen LogP contribution in [0, 0.1) is 0 Å². The Hall–Kier alpha value is -2.83. The third-order valence-electron chi connectivity index (χ3n) is 5.08. The number of carbonyl (C=O) groups is 1. The van der Waals surface area contributed by atoms with E-state index in [1.54, 1.807) is 13.2 Å². The highest BCUT2D eigenvalue weighted by Crippen LogP contribution is 2.29. The van der Waals surface area contributed by atoms with Crippen molar-refractivity contribution in [2.75, 3.05) is 23.3 Å². The number of amides is 1. The van der Waals surface area contributed by atoms with Crippen LogP contribution in [-0.4, -0.2) is 47.4 Å². The topological polar surface area (TPSA) is 136 Å².